The fourth-order valence-electron chi connectivity index (χ4n) is 2.00. The first-order chi connectivity index (χ1) is 11.2. The van der Waals surface area contributed by atoms with Crippen LogP contribution in [0.15, 0.2) is 58.2 Å². The van der Waals surface area contributed by atoms with Crippen molar-refractivity contribution in [1.29, 1.82) is 0 Å². The average Bonchev–Trinajstić information content (AvgIpc) is 2.97. The van der Waals surface area contributed by atoms with Crippen LogP contribution in [-0.2, 0) is 0 Å². The van der Waals surface area contributed by atoms with Crippen molar-refractivity contribution in [2.45, 2.75) is 11.6 Å². The molecule has 0 atom stereocenters. The molecule has 1 heterocycles. The van der Waals surface area contributed by atoms with Crippen molar-refractivity contribution >= 4 is 28.5 Å². The zero-order valence-corrected chi connectivity index (χ0v) is 13.0. The smallest absolute Gasteiger partial charge is 0.271 e. The molecule has 0 fully saturated rings. The minimum Gasteiger partial charge on any atom is -0.494 e. The molecular formula is C16H14N2O4S. The molecule has 0 N–H and O–H groups in total. The monoisotopic (exact) mass is 330 g/mol. The van der Waals surface area contributed by atoms with Gasteiger partial charge in [-0.05, 0) is 24.6 Å². The van der Waals surface area contributed by atoms with Crippen molar-refractivity contribution in [3.05, 3.63) is 58.6 Å². The fraction of sp³-hybridized carbons (Fsp3) is 0.188. The van der Waals surface area contributed by atoms with Crippen molar-refractivity contribution in [2.24, 2.45) is 0 Å². The Kier molecular flexibility index (Phi) is 4.77. The lowest BCUT2D eigenvalue weighted by Crippen LogP contribution is -1.98. The van der Waals surface area contributed by atoms with Crippen molar-refractivity contribution in [2.75, 3.05) is 12.4 Å². The molecule has 0 unspecified atom stereocenters. The molecule has 0 saturated carbocycles. The molecule has 23 heavy (non-hydrogen) atoms. The Morgan fingerprint density at radius 3 is 2.83 bits per heavy atom. The van der Waals surface area contributed by atoms with Gasteiger partial charge in [0.2, 0.25) is 0 Å². The van der Waals surface area contributed by atoms with Gasteiger partial charge in [-0.25, -0.2) is 4.98 Å². The molecular weight excluding hydrogens is 316 g/mol. The van der Waals surface area contributed by atoms with Gasteiger partial charge < -0.3 is 9.15 Å². The topological polar surface area (TPSA) is 78.4 Å². The van der Waals surface area contributed by atoms with E-state index < -0.39 is 4.92 Å². The van der Waals surface area contributed by atoms with Crippen LogP contribution in [0.4, 0.5) is 5.69 Å². The van der Waals surface area contributed by atoms with Gasteiger partial charge in [0.1, 0.15) is 11.3 Å². The second-order valence-corrected chi connectivity index (χ2v) is 5.80. The standard InChI is InChI=1S/C16H14N2O4S/c19-18(20)12-7-8-15-14(11-12)17-16(22-15)23-10-4-9-21-13-5-2-1-3-6-13/h1-3,5-8,11H,4,9-10H2. The van der Waals surface area contributed by atoms with Gasteiger partial charge >= 0.3 is 0 Å². The highest BCUT2D eigenvalue weighted by molar-refractivity contribution is 7.99. The third kappa shape index (κ3) is 4.01. The molecule has 7 heteroatoms. The van der Waals surface area contributed by atoms with Crippen LogP contribution in [0.5, 0.6) is 5.75 Å². The fourth-order valence-corrected chi connectivity index (χ4v) is 2.74. The summed E-state index contributed by atoms with van der Waals surface area (Å²) in [5.74, 6) is 1.65. The van der Waals surface area contributed by atoms with E-state index in [0.29, 0.717) is 22.9 Å². The normalized spacial score (nSPS) is 10.8. The number of hydrogen-bond donors (Lipinski definition) is 0. The molecule has 1 aromatic heterocycles. The quantitative estimate of drug-likeness (QED) is 0.278. The molecule has 0 aliphatic rings. The number of hydrogen-bond acceptors (Lipinski definition) is 6. The highest BCUT2D eigenvalue weighted by atomic mass is 32.2. The van der Waals surface area contributed by atoms with E-state index in [1.54, 1.807) is 6.07 Å². The summed E-state index contributed by atoms with van der Waals surface area (Å²) >= 11 is 1.47. The van der Waals surface area contributed by atoms with Crippen LogP contribution < -0.4 is 4.74 Å². The van der Waals surface area contributed by atoms with Gasteiger partial charge in [0.25, 0.3) is 10.9 Å². The Labute approximate surface area is 136 Å². The van der Waals surface area contributed by atoms with Crippen LogP contribution in [0.3, 0.4) is 0 Å². The molecule has 0 amide bonds. The number of oxazole rings is 1. The van der Waals surface area contributed by atoms with E-state index in [1.807, 2.05) is 30.3 Å². The van der Waals surface area contributed by atoms with Crippen molar-refractivity contribution in [1.82, 2.24) is 4.98 Å². The lowest BCUT2D eigenvalue weighted by Gasteiger charge is -2.04. The lowest BCUT2D eigenvalue weighted by atomic mass is 10.3. The van der Waals surface area contributed by atoms with Crippen molar-refractivity contribution in [3.63, 3.8) is 0 Å². The van der Waals surface area contributed by atoms with E-state index in [-0.39, 0.29) is 5.69 Å². The summed E-state index contributed by atoms with van der Waals surface area (Å²) in [6.45, 7) is 0.614. The largest absolute Gasteiger partial charge is 0.494 e. The van der Waals surface area contributed by atoms with Gasteiger partial charge in [-0.2, -0.15) is 0 Å². The molecule has 0 spiro atoms. The van der Waals surface area contributed by atoms with Gasteiger partial charge in [-0.15, -0.1) is 0 Å². The summed E-state index contributed by atoms with van der Waals surface area (Å²) in [5.41, 5.74) is 1.07. The molecule has 6 nitrogen and oxygen atoms in total. The molecule has 0 aliphatic heterocycles. The van der Waals surface area contributed by atoms with Crippen LogP contribution in [0, 0.1) is 10.1 Å². The summed E-state index contributed by atoms with van der Waals surface area (Å²) in [4.78, 5) is 14.6. The van der Waals surface area contributed by atoms with E-state index >= 15 is 0 Å². The van der Waals surface area contributed by atoms with Gasteiger partial charge in [0.15, 0.2) is 5.58 Å². The van der Waals surface area contributed by atoms with E-state index in [0.717, 1.165) is 17.9 Å². The maximum Gasteiger partial charge on any atom is 0.271 e. The lowest BCUT2D eigenvalue weighted by molar-refractivity contribution is -0.384. The number of benzene rings is 2. The summed E-state index contributed by atoms with van der Waals surface area (Å²) in [5, 5.41) is 11.3. The number of nitrogens with zero attached hydrogens (tertiary/aromatic N) is 2. The molecule has 0 radical (unpaired) electrons. The molecule has 3 aromatic rings. The third-order valence-electron chi connectivity index (χ3n) is 3.09. The summed E-state index contributed by atoms with van der Waals surface area (Å²) < 4.78 is 11.2. The predicted octanol–water partition coefficient (Wildman–Crippen LogP) is 4.30. The van der Waals surface area contributed by atoms with Crippen molar-refractivity contribution in [3.8, 4) is 5.75 Å². The summed E-state index contributed by atoms with van der Waals surface area (Å²) in [7, 11) is 0. The second-order valence-electron chi connectivity index (χ2n) is 4.75. The summed E-state index contributed by atoms with van der Waals surface area (Å²) in [6.07, 6.45) is 0.846. The van der Waals surface area contributed by atoms with Crippen LogP contribution in [-0.4, -0.2) is 22.3 Å². The molecule has 3 rings (SSSR count). The van der Waals surface area contributed by atoms with E-state index in [9.17, 15) is 10.1 Å². The minimum atomic E-state index is -0.443. The predicted molar refractivity (Wildman–Crippen MR) is 87.9 cm³/mol. The Bertz CT molecular complexity index is 804. The van der Waals surface area contributed by atoms with Gasteiger partial charge in [0.05, 0.1) is 11.5 Å². The second kappa shape index (κ2) is 7.15. The summed E-state index contributed by atoms with van der Waals surface area (Å²) in [6, 6.07) is 14.0. The Hall–Kier alpha value is -2.54. The van der Waals surface area contributed by atoms with Gasteiger partial charge in [-0.1, -0.05) is 30.0 Å². The van der Waals surface area contributed by atoms with Crippen LogP contribution >= 0.6 is 11.8 Å². The first kappa shape index (κ1) is 15.4. The van der Waals surface area contributed by atoms with E-state index in [1.165, 1.54) is 23.9 Å². The number of nitro benzene ring substituents is 1. The van der Waals surface area contributed by atoms with E-state index in [2.05, 4.69) is 4.98 Å². The number of fused-ring (bicyclic) bond motifs is 1. The highest BCUT2D eigenvalue weighted by Crippen LogP contribution is 2.26. The Balaban J connectivity index is 1.50. The average molecular weight is 330 g/mol. The zero-order chi connectivity index (χ0) is 16.1. The molecule has 0 bridgehead atoms. The maximum atomic E-state index is 10.7. The number of nitro groups is 1. The Morgan fingerprint density at radius 1 is 1.22 bits per heavy atom. The van der Waals surface area contributed by atoms with E-state index in [4.69, 9.17) is 9.15 Å². The molecule has 0 aliphatic carbocycles. The minimum absolute atomic E-state index is 0.0126. The van der Waals surface area contributed by atoms with Crippen molar-refractivity contribution < 1.29 is 14.1 Å². The first-order valence-corrected chi connectivity index (χ1v) is 8.06. The van der Waals surface area contributed by atoms with Gasteiger partial charge in [0, 0.05) is 17.9 Å². The maximum absolute atomic E-state index is 10.7. The number of aromatic nitrogens is 1. The highest BCUT2D eigenvalue weighted by Gasteiger charge is 2.11. The molecule has 2 aromatic carbocycles. The zero-order valence-electron chi connectivity index (χ0n) is 12.2. The third-order valence-corrected chi connectivity index (χ3v) is 4.00. The van der Waals surface area contributed by atoms with Crippen LogP contribution in [0.25, 0.3) is 11.1 Å². The van der Waals surface area contributed by atoms with Gasteiger partial charge in [-0.3, -0.25) is 10.1 Å². The first-order valence-electron chi connectivity index (χ1n) is 7.08. The number of thioether (sulfide) groups is 1. The number of non-ortho nitro benzene ring substituents is 1. The SMILES string of the molecule is O=[N+]([O-])c1ccc2oc(SCCCOc3ccccc3)nc2c1. The molecule has 118 valence electrons. The molecule has 0 saturated heterocycles. The number of rotatable bonds is 7. The van der Waals surface area contributed by atoms with Crippen LogP contribution in [0.1, 0.15) is 6.42 Å². The van der Waals surface area contributed by atoms with Crippen LogP contribution in [0.2, 0.25) is 0 Å². The number of ether oxygens (including phenoxy) is 1. The Morgan fingerprint density at radius 2 is 2.04 bits per heavy atom. The number of para-hydroxylation sites is 1.